The number of carbonyl (C=O) groups excluding carboxylic acids is 1. The van der Waals surface area contributed by atoms with E-state index in [2.05, 4.69) is 10.6 Å². The van der Waals surface area contributed by atoms with Crippen LogP contribution in [-0.4, -0.2) is 38.8 Å². The second kappa shape index (κ2) is 8.25. The summed E-state index contributed by atoms with van der Waals surface area (Å²) in [6.07, 6.45) is 2.88. The van der Waals surface area contributed by atoms with Crippen molar-refractivity contribution < 1.29 is 14.3 Å². The number of amides is 1. The molecule has 0 unspecified atom stereocenters. The smallest absolute Gasteiger partial charge is 0.224 e. The molecule has 0 saturated carbocycles. The van der Waals surface area contributed by atoms with Crippen LogP contribution in [0, 0.1) is 5.92 Å². The molecule has 2 N–H and O–H groups in total. The minimum absolute atomic E-state index is 0. The summed E-state index contributed by atoms with van der Waals surface area (Å²) in [6, 6.07) is 5.97. The molecule has 0 radical (unpaired) electrons. The van der Waals surface area contributed by atoms with E-state index in [1.807, 2.05) is 18.2 Å². The fraction of sp³-hybridized carbons (Fsp3) is 0.562. The predicted octanol–water partition coefficient (Wildman–Crippen LogP) is 1.54. The topological polar surface area (TPSA) is 59.6 Å². The maximum atomic E-state index is 12.0. The minimum atomic E-state index is 0. The standard InChI is InChI=1S/C16H22N2O3.ClH/c19-16(13-2-1-6-17-11-13)18-7-5-12-3-4-14-15(10-12)21-9-8-20-14;/h3-4,10,13,17H,1-2,5-9,11H2,(H,18,19);1H/t13-;/m1./s1. The number of rotatable bonds is 4. The van der Waals surface area contributed by atoms with Gasteiger partial charge in [0.15, 0.2) is 11.5 Å². The van der Waals surface area contributed by atoms with Gasteiger partial charge in [-0.15, -0.1) is 12.4 Å². The predicted molar refractivity (Wildman–Crippen MR) is 87.0 cm³/mol. The SMILES string of the molecule is Cl.O=C(NCCc1ccc2c(c1)OCCO2)[C@@H]1CCCNC1. The van der Waals surface area contributed by atoms with Gasteiger partial charge in [-0.3, -0.25) is 4.79 Å². The summed E-state index contributed by atoms with van der Waals surface area (Å²) in [5.74, 6) is 1.91. The first kappa shape index (κ1) is 16.9. The zero-order valence-corrected chi connectivity index (χ0v) is 13.4. The van der Waals surface area contributed by atoms with Crippen molar-refractivity contribution in [1.82, 2.24) is 10.6 Å². The van der Waals surface area contributed by atoms with Crippen molar-refractivity contribution in [2.45, 2.75) is 19.3 Å². The summed E-state index contributed by atoms with van der Waals surface area (Å²) in [5, 5.41) is 6.30. The molecule has 0 aliphatic carbocycles. The number of hydrogen-bond acceptors (Lipinski definition) is 4. The lowest BCUT2D eigenvalue weighted by Gasteiger charge is -2.22. The van der Waals surface area contributed by atoms with Crippen LogP contribution in [0.1, 0.15) is 18.4 Å². The molecular formula is C16H23ClN2O3. The van der Waals surface area contributed by atoms with Gasteiger partial charge in [-0.05, 0) is 43.5 Å². The largest absolute Gasteiger partial charge is 0.486 e. The van der Waals surface area contributed by atoms with E-state index < -0.39 is 0 Å². The van der Waals surface area contributed by atoms with Crippen molar-refractivity contribution in [2.24, 2.45) is 5.92 Å². The molecule has 122 valence electrons. The Bertz CT molecular complexity index is 504. The molecule has 5 nitrogen and oxygen atoms in total. The van der Waals surface area contributed by atoms with Gasteiger partial charge < -0.3 is 20.1 Å². The van der Waals surface area contributed by atoms with E-state index in [4.69, 9.17) is 9.47 Å². The molecule has 2 heterocycles. The number of hydrogen-bond donors (Lipinski definition) is 2. The van der Waals surface area contributed by atoms with Crippen molar-refractivity contribution in [3.63, 3.8) is 0 Å². The van der Waals surface area contributed by atoms with E-state index in [-0.39, 0.29) is 24.2 Å². The molecular weight excluding hydrogens is 304 g/mol. The average Bonchev–Trinajstić information content (AvgIpc) is 2.55. The number of fused-ring (bicyclic) bond motifs is 1. The highest BCUT2D eigenvalue weighted by Crippen LogP contribution is 2.30. The highest BCUT2D eigenvalue weighted by Gasteiger charge is 2.20. The molecule has 6 heteroatoms. The van der Waals surface area contributed by atoms with E-state index in [1.54, 1.807) is 0 Å². The molecule has 2 aliphatic rings. The first-order chi connectivity index (χ1) is 10.3. The zero-order valence-electron chi connectivity index (χ0n) is 12.6. The Morgan fingerprint density at radius 2 is 2.09 bits per heavy atom. The summed E-state index contributed by atoms with van der Waals surface area (Å²) in [7, 11) is 0. The van der Waals surface area contributed by atoms with E-state index in [0.717, 1.165) is 49.4 Å². The Balaban J connectivity index is 0.00000176. The highest BCUT2D eigenvalue weighted by molar-refractivity contribution is 5.85. The fourth-order valence-corrected chi connectivity index (χ4v) is 2.79. The van der Waals surface area contributed by atoms with Crippen molar-refractivity contribution >= 4 is 18.3 Å². The number of benzene rings is 1. The molecule has 0 bridgehead atoms. The van der Waals surface area contributed by atoms with Crippen LogP contribution >= 0.6 is 12.4 Å². The average molecular weight is 327 g/mol. The highest BCUT2D eigenvalue weighted by atomic mass is 35.5. The Labute approximate surface area is 137 Å². The first-order valence-corrected chi connectivity index (χ1v) is 7.70. The van der Waals surface area contributed by atoms with Gasteiger partial charge >= 0.3 is 0 Å². The Hall–Kier alpha value is -1.46. The lowest BCUT2D eigenvalue weighted by molar-refractivity contribution is -0.125. The van der Waals surface area contributed by atoms with Crippen LogP contribution in [0.2, 0.25) is 0 Å². The molecule has 1 saturated heterocycles. The van der Waals surface area contributed by atoms with Gasteiger partial charge in [0, 0.05) is 13.1 Å². The molecule has 1 fully saturated rings. The molecule has 0 aromatic heterocycles. The van der Waals surface area contributed by atoms with Crippen molar-refractivity contribution in [2.75, 3.05) is 32.8 Å². The van der Waals surface area contributed by atoms with Gasteiger partial charge in [-0.25, -0.2) is 0 Å². The summed E-state index contributed by atoms with van der Waals surface area (Å²) >= 11 is 0. The first-order valence-electron chi connectivity index (χ1n) is 7.70. The Morgan fingerprint density at radius 3 is 2.86 bits per heavy atom. The molecule has 1 amide bonds. The zero-order chi connectivity index (χ0) is 14.5. The number of nitrogens with one attached hydrogen (secondary N) is 2. The molecule has 1 aromatic carbocycles. The van der Waals surface area contributed by atoms with Crippen LogP contribution in [0.3, 0.4) is 0 Å². The third kappa shape index (κ3) is 4.27. The minimum Gasteiger partial charge on any atom is -0.486 e. The summed E-state index contributed by atoms with van der Waals surface area (Å²) in [5.41, 5.74) is 1.15. The molecule has 22 heavy (non-hydrogen) atoms. The summed E-state index contributed by atoms with van der Waals surface area (Å²) in [6.45, 7) is 3.70. The fourth-order valence-electron chi connectivity index (χ4n) is 2.79. The quantitative estimate of drug-likeness (QED) is 0.881. The lowest BCUT2D eigenvalue weighted by atomic mass is 9.99. The number of piperidine rings is 1. The second-order valence-electron chi connectivity index (χ2n) is 5.56. The van der Waals surface area contributed by atoms with Gasteiger partial charge in [0.1, 0.15) is 13.2 Å². The van der Waals surface area contributed by atoms with Crippen LogP contribution in [0.25, 0.3) is 0 Å². The van der Waals surface area contributed by atoms with Crippen molar-refractivity contribution in [3.05, 3.63) is 23.8 Å². The molecule has 3 rings (SSSR count). The van der Waals surface area contributed by atoms with Crippen LogP contribution in [0.5, 0.6) is 11.5 Å². The number of carbonyl (C=O) groups is 1. The van der Waals surface area contributed by atoms with Gasteiger partial charge in [-0.2, -0.15) is 0 Å². The molecule has 1 aromatic rings. The molecule has 0 spiro atoms. The van der Waals surface area contributed by atoms with Gasteiger partial charge in [0.25, 0.3) is 0 Å². The third-order valence-electron chi connectivity index (χ3n) is 3.99. The summed E-state index contributed by atoms with van der Waals surface area (Å²) in [4.78, 5) is 12.0. The Kier molecular flexibility index (Phi) is 6.34. The van der Waals surface area contributed by atoms with Gasteiger partial charge in [-0.1, -0.05) is 6.07 Å². The maximum Gasteiger partial charge on any atom is 0.224 e. The van der Waals surface area contributed by atoms with E-state index in [9.17, 15) is 4.79 Å². The lowest BCUT2D eigenvalue weighted by Crippen LogP contribution is -2.41. The van der Waals surface area contributed by atoms with Crippen LogP contribution in [-0.2, 0) is 11.2 Å². The van der Waals surface area contributed by atoms with Crippen molar-refractivity contribution in [1.29, 1.82) is 0 Å². The third-order valence-corrected chi connectivity index (χ3v) is 3.99. The van der Waals surface area contributed by atoms with Crippen LogP contribution < -0.4 is 20.1 Å². The molecule has 1 atom stereocenters. The van der Waals surface area contributed by atoms with Crippen LogP contribution in [0.15, 0.2) is 18.2 Å². The Morgan fingerprint density at radius 1 is 1.27 bits per heavy atom. The number of ether oxygens (including phenoxy) is 2. The van der Waals surface area contributed by atoms with E-state index >= 15 is 0 Å². The van der Waals surface area contributed by atoms with Gasteiger partial charge in [0.2, 0.25) is 5.91 Å². The van der Waals surface area contributed by atoms with Gasteiger partial charge in [0.05, 0.1) is 5.92 Å². The van der Waals surface area contributed by atoms with E-state index in [1.165, 1.54) is 0 Å². The number of halogens is 1. The monoisotopic (exact) mass is 326 g/mol. The van der Waals surface area contributed by atoms with Crippen LogP contribution in [0.4, 0.5) is 0 Å². The normalized spacial score (nSPS) is 19.9. The summed E-state index contributed by atoms with van der Waals surface area (Å²) < 4.78 is 11.1. The van der Waals surface area contributed by atoms with Crippen molar-refractivity contribution in [3.8, 4) is 11.5 Å². The second-order valence-corrected chi connectivity index (χ2v) is 5.56. The molecule has 2 aliphatic heterocycles. The maximum absolute atomic E-state index is 12.0. The van der Waals surface area contributed by atoms with E-state index in [0.29, 0.717) is 19.8 Å².